The normalized spacial score (nSPS) is 16.5. The molecule has 1 unspecified atom stereocenters. The number of aromatic nitrogens is 1. The monoisotopic (exact) mass is 490 g/mol. The second-order valence-electron chi connectivity index (χ2n) is 8.87. The van der Waals surface area contributed by atoms with Crippen molar-refractivity contribution in [1.29, 1.82) is 0 Å². The van der Waals surface area contributed by atoms with E-state index in [0.29, 0.717) is 35.4 Å². The molecule has 11 heteroatoms. The minimum atomic E-state index is -4.47. The number of halogens is 3. The molecule has 2 aromatic carbocycles. The summed E-state index contributed by atoms with van der Waals surface area (Å²) >= 11 is 0. The van der Waals surface area contributed by atoms with Gasteiger partial charge in [0.1, 0.15) is 0 Å². The highest BCUT2D eigenvalue weighted by atomic mass is 19.4. The van der Waals surface area contributed by atoms with E-state index < -0.39 is 23.4 Å². The van der Waals surface area contributed by atoms with Crippen molar-refractivity contribution in [2.75, 3.05) is 32.5 Å². The molecule has 2 heterocycles. The molecule has 8 nitrogen and oxygen atoms in total. The largest absolute Gasteiger partial charge is 0.419 e. The molecule has 1 aliphatic rings. The second kappa shape index (κ2) is 9.57. The molecule has 1 fully saturated rings. The van der Waals surface area contributed by atoms with Gasteiger partial charge in [0.25, 0.3) is 0 Å². The standard InChI is InChI=1S/C24H25F3N4O4/c1-29(2)8-9-31-19-12-18(6-7-20(19)35-23(31)34)28-22(33)16-11-21(32)30(14-16)13-15-4-3-5-17(10-15)24(25,26)27/h3-7,10,12,16H,8-9,11,13-14H2,1-2H3,(H,28,33). The van der Waals surface area contributed by atoms with Crippen molar-refractivity contribution in [2.24, 2.45) is 5.92 Å². The Hall–Kier alpha value is -3.60. The molecule has 35 heavy (non-hydrogen) atoms. The molecule has 0 saturated carbocycles. The van der Waals surface area contributed by atoms with Crippen LogP contribution in [0, 0.1) is 5.92 Å². The second-order valence-corrected chi connectivity index (χ2v) is 8.87. The van der Waals surface area contributed by atoms with E-state index in [1.165, 1.54) is 21.6 Å². The summed E-state index contributed by atoms with van der Waals surface area (Å²) < 4.78 is 45.7. The molecule has 1 N–H and O–H groups in total. The van der Waals surface area contributed by atoms with Gasteiger partial charge >= 0.3 is 11.9 Å². The number of rotatable bonds is 7. The highest BCUT2D eigenvalue weighted by molar-refractivity contribution is 5.98. The van der Waals surface area contributed by atoms with E-state index in [4.69, 9.17) is 4.42 Å². The third-order valence-electron chi connectivity index (χ3n) is 5.92. The molecule has 186 valence electrons. The van der Waals surface area contributed by atoms with Crippen LogP contribution in [0.4, 0.5) is 18.9 Å². The third-order valence-corrected chi connectivity index (χ3v) is 5.92. The van der Waals surface area contributed by atoms with Crippen LogP contribution in [0.25, 0.3) is 11.1 Å². The summed E-state index contributed by atoms with van der Waals surface area (Å²) in [6, 6.07) is 9.65. The lowest BCUT2D eigenvalue weighted by molar-refractivity contribution is -0.137. The van der Waals surface area contributed by atoms with Crippen molar-refractivity contribution in [2.45, 2.75) is 25.7 Å². The van der Waals surface area contributed by atoms with Gasteiger partial charge < -0.3 is 19.5 Å². The Morgan fingerprint density at radius 1 is 1.17 bits per heavy atom. The Labute approximate surface area is 198 Å². The van der Waals surface area contributed by atoms with Gasteiger partial charge in [0.15, 0.2) is 5.58 Å². The molecule has 0 bridgehead atoms. The van der Waals surface area contributed by atoms with Crippen LogP contribution in [0.15, 0.2) is 51.7 Å². The first-order valence-corrected chi connectivity index (χ1v) is 11.0. The summed E-state index contributed by atoms with van der Waals surface area (Å²) in [4.78, 5) is 40.8. The highest BCUT2D eigenvalue weighted by Crippen LogP contribution is 2.30. The van der Waals surface area contributed by atoms with Crippen molar-refractivity contribution in [1.82, 2.24) is 14.4 Å². The third kappa shape index (κ3) is 5.56. The number of fused-ring (bicyclic) bond motifs is 1. The number of alkyl halides is 3. The van der Waals surface area contributed by atoms with Gasteiger partial charge in [0.2, 0.25) is 11.8 Å². The lowest BCUT2D eigenvalue weighted by Gasteiger charge is -2.18. The average Bonchev–Trinajstić information content (AvgIpc) is 3.30. The van der Waals surface area contributed by atoms with Crippen LogP contribution >= 0.6 is 0 Å². The zero-order chi connectivity index (χ0) is 25.3. The van der Waals surface area contributed by atoms with E-state index in [9.17, 15) is 27.6 Å². The number of carbonyl (C=O) groups is 2. The Bertz CT molecular complexity index is 1310. The number of oxazole rings is 1. The molecule has 2 amide bonds. The number of nitrogens with zero attached hydrogens (tertiary/aromatic N) is 3. The quantitative estimate of drug-likeness (QED) is 0.550. The summed E-state index contributed by atoms with van der Waals surface area (Å²) in [5.74, 6) is -1.82. The number of carbonyl (C=O) groups excluding carboxylic acids is 2. The smallest absolute Gasteiger partial charge is 0.408 e. The summed E-state index contributed by atoms with van der Waals surface area (Å²) in [5, 5.41) is 2.78. The lowest BCUT2D eigenvalue weighted by Crippen LogP contribution is -2.28. The van der Waals surface area contributed by atoms with Gasteiger partial charge in [0.05, 0.1) is 17.0 Å². The van der Waals surface area contributed by atoms with Gasteiger partial charge in [0, 0.05) is 38.3 Å². The van der Waals surface area contributed by atoms with E-state index in [2.05, 4.69) is 5.32 Å². The lowest BCUT2D eigenvalue weighted by atomic mass is 10.1. The van der Waals surface area contributed by atoms with Crippen LogP contribution in [-0.4, -0.2) is 53.4 Å². The first kappa shape index (κ1) is 24.5. The summed E-state index contributed by atoms with van der Waals surface area (Å²) in [7, 11) is 3.77. The van der Waals surface area contributed by atoms with E-state index in [1.54, 1.807) is 18.2 Å². The molecule has 0 spiro atoms. The summed E-state index contributed by atoms with van der Waals surface area (Å²) in [6.45, 7) is 1.13. The first-order chi connectivity index (χ1) is 16.5. The van der Waals surface area contributed by atoms with E-state index >= 15 is 0 Å². The van der Waals surface area contributed by atoms with Crippen molar-refractivity contribution in [3.63, 3.8) is 0 Å². The van der Waals surface area contributed by atoms with Crippen LogP contribution in [-0.2, 0) is 28.9 Å². The van der Waals surface area contributed by atoms with Crippen molar-refractivity contribution in [3.05, 3.63) is 64.1 Å². The van der Waals surface area contributed by atoms with Gasteiger partial charge in [-0.15, -0.1) is 0 Å². The SMILES string of the molecule is CN(C)CCn1c(=O)oc2ccc(NC(=O)C3CC(=O)N(Cc4cccc(C(F)(F)F)c4)C3)cc21. The molecule has 0 radical (unpaired) electrons. The number of benzene rings is 2. The molecule has 4 rings (SSSR count). The zero-order valence-electron chi connectivity index (χ0n) is 19.3. The van der Waals surface area contributed by atoms with Crippen LogP contribution in [0.2, 0.25) is 0 Å². The Balaban J connectivity index is 1.44. The zero-order valence-corrected chi connectivity index (χ0v) is 19.3. The predicted octanol–water partition coefficient (Wildman–Crippen LogP) is 3.16. The topological polar surface area (TPSA) is 87.8 Å². The minimum Gasteiger partial charge on any atom is -0.408 e. The molecule has 3 aromatic rings. The van der Waals surface area contributed by atoms with Crippen molar-refractivity contribution >= 4 is 28.6 Å². The number of hydrogen-bond acceptors (Lipinski definition) is 5. The number of likely N-dealkylation sites (tertiary alicyclic amines) is 1. The maximum absolute atomic E-state index is 13.0. The maximum Gasteiger partial charge on any atom is 0.419 e. The molecule has 1 saturated heterocycles. The van der Waals surface area contributed by atoms with E-state index in [1.807, 2.05) is 19.0 Å². The van der Waals surface area contributed by atoms with E-state index in [-0.39, 0.29) is 31.3 Å². The van der Waals surface area contributed by atoms with Gasteiger partial charge in [-0.25, -0.2) is 4.79 Å². The van der Waals surface area contributed by atoms with Crippen molar-refractivity contribution in [3.8, 4) is 0 Å². The molecule has 1 aromatic heterocycles. The van der Waals surface area contributed by atoms with Gasteiger partial charge in [-0.3, -0.25) is 14.2 Å². The van der Waals surface area contributed by atoms with Gasteiger partial charge in [-0.05, 0) is 50.0 Å². The van der Waals surface area contributed by atoms with Crippen LogP contribution in [0.1, 0.15) is 17.5 Å². The number of anilines is 1. The number of hydrogen-bond donors (Lipinski definition) is 1. The number of likely N-dealkylation sites (N-methyl/N-ethyl adjacent to an activating group) is 1. The van der Waals surface area contributed by atoms with Crippen molar-refractivity contribution < 1.29 is 27.2 Å². The fourth-order valence-electron chi connectivity index (χ4n) is 4.06. The van der Waals surface area contributed by atoms with Gasteiger partial charge in [-0.1, -0.05) is 12.1 Å². The number of amides is 2. The van der Waals surface area contributed by atoms with Crippen LogP contribution in [0.5, 0.6) is 0 Å². The average molecular weight is 490 g/mol. The highest BCUT2D eigenvalue weighted by Gasteiger charge is 2.35. The fourth-order valence-corrected chi connectivity index (χ4v) is 4.06. The van der Waals surface area contributed by atoms with Gasteiger partial charge in [-0.2, -0.15) is 13.2 Å². The van der Waals surface area contributed by atoms with Crippen LogP contribution < -0.4 is 11.1 Å². The van der Waals surface area contributed by atoms with Crippen LogP contribution in [0.3, 0.4) is 0 Å². The Morgan fingerprint density at radius 3 is 2.66 bits per heavy atom. The fraction of sp³-hybridized carbons (Fsp3) is 0.375. The van der Waals surface area contributed by atoms with E-state index in [0.717, 1.165) is 12.1 Å². The summed E-state index contributed by atoms with van der Waals surface area (Å²) in [5.41, 5.74) is 0.953. The predicted molar refractivity (Wildman–Crippen MR) is 123 cm³/mol. The molecule has 0 aliphatic carbocycles. The number of nitrogens with one attached hydrogen (secondary N) is 1. The maximum atomic E-state index is 13.0. The Kier molecular flexibility index (Phi) is 6.70. The molecular formula is C24H25F3N4O4. The first-order valence-electron chi connectivity index (χ1n) is 11.0. The molecular weight excluding hydrogens is 465 g/mol. The minimum absolute atomic E-state index is 0.00827. The molecule has 1 aliphatic heterocycles. The summed E-state index contributed by atoms with van der Waals surface area (Å²) in [6.07, 6.45) is -4.51. The molecule has 1 atom stereocenters. The Morgan fingerprint density at radius 2 is 1.94 bits per heavy atom.